The van der Waals surface area contributed by atoms with Crippen molar-refractivity contribution < 1.29 is 17.0 Å². The van der Waals surface area contributed by atoms with Crippen LogP contribution in [-0.4, -0.2) is 0 Å². The van der Waals surface area contributed by atoms with E-state index in [0.717, 1.165) is 0 Å². The monoisotopic (exact) mass is 493 g/mol. The summed E-state index contributed by atoms with van der Waals surface area (Å²) in [6, 6.07) is 32.4. The Hall–Kier alpha value is -0.932. The van der Waals surface area contributed by atoms with Gasteiger partial charge in [-0.1, -0.05) is 0 Å². The molecule has 0 amide bonds. The van der Waals surface area contributed by atoms with E-state index in [1.807, 2.05) is 0 Å². The maximum absolute atomic E-state index is 6.70. The van der Waals surface area contributed by atoms with E-state index in [4.69, 9.17) is 9.42 Å². The molecule has 0 unspecified atom stereocenters. The van der Waals surface area contributed by atoms with E-state index >= 15 is 0 Å². The first-order chi connectivity index (χ1) is 10.4. The molecule has 0 bridgehead atoms. The van der Waals surface area contributed by atoms with E-state index < -0.39 is 22.4 Å². The molecule has 3 rings (SSSR count). The van der Waals surface area contributed by atoms with Crippen LogP contribution in [0.1, 0.15) is 0 Å². The summed E-state index contributed by atoms with van der Waals surface area (Å²) in [6.45, 7) is 0. The fraction of sp³-hybridized carbons (Fsp3) is 0. The molecule has 0 atom stereocenters. The zero-order valence-electron chi connectivity index (χ0n) is 11.4. The first-order valence-corrected chi connectivity index (χ1v) is 14.8. The molecule has 0 saturated carbocycles. The molecule has 0 aliphatic rings. The van der Waals surface area contributed by atoms with Crippen LogP contribution in [0.2, 0.25) is 0 Å². The molecule has 0 aliphatic carbocycles. The van der Waals surface area contributed by atoms with Crippen molar-refractivity contribution in [2.24, 2.45) is 0 Å². The molecule has 3 heteroatoms. The topological polar surface area (TPSA) is 0 Å². The van der Waals surface area contributed by atoms with Crippen molar-refractivity contribution in [2.45, 2.75) is 0 Å². The summed E-state index contributed by atoms with van der Waals surface area (Å²) < 4.78 is 0. The van der Waals surface area contributed by atoms with Crippen molar-refractivity contribution in [3.05, 3.63) is 91.0 Å². The van der Waals surface area contributed by atoms with Gasteiger partial charge in [0.2, 0.25) is 0 Å². The molecule has 21 heavy (non-hydrogen) atoms. The molecule has 0 heterocycles. The second kappa shape index (κ2) is 6.89. The van der Waals surface area contributed by atoms with Gasteiger partial charge in [0.15, 0.2) is 0 Å². The molecule has 110 valence electrons. The molecule has 0 spiro atoms. The molecule has 0 nitrogen and oxygen atoms in total. The van der Waals surface area contributed by atoms with Crippen LogP contribution in [0.3, 0.4) is 0 Å². The van der Waals surface area contributed by atoms with Gasteiger partial charge in [0.05, 0.1) is 0 Å². The summed E-state index contributed by atoms with van der Waals surface area (Å²) in [6.07, 6.45) is 0. The average Bonchev–Trinajstić information content (AvgIpc) is 2.59. The number of rotatable bonds is 4. The van der Waals surface area contributed by atoms with Gasteiger partial charge in [-0.15, -0.1) is 0 Å². The van der Waals surface area contributed by atoms with E-state index in [9.17, 15) is 0 Å². The van der Waals surface area contributed by atoms with Gasteiger partial charge in [0, 0.05) is 0 Å². The molecule has 0 fully saturated rings. The zero-order chi connectivity index (χ0) is 14.5. The van der Waals surface area contributed by atoms with Gasteiger partial charge in [-0.05, 0) is 0 Å². The number of hydrogen-bond donors (Lipinski definition) is 0. The number of hydrogen-bond acceptors (Lipinski definition) is 0. The molecule has 0 radical (unpaired) electrons. The first-order valence-electron chi connectivity index (χ1n) is 6.76. The van der Waals surface area contributed by atoms with Crippen LogP contribution >= 0.6 is 14.8 Å². The van der Waals surface area contributed by atoms with Crippen LogP contribution in [0.15, 0.2) is 91.0 Å². The number of halogens is 1. The molecular formula is C18H16ClPPt. The van der Waals surface area contributed by atoms with E-state index in [1.165, 1.54) is 15.9 Å². The van der Waals surface area contributed by atoms with Gasteiger partial charge in [-0.3, -0.25) is 0 Å². The van der Waals surface area contributed by atoms with Crippen LogP contribution in [0, 0.1) is 0 Å². The predicted octanol–water partition coefficient (Wildman–Crippen LogP) is 3.86. The quantitative estimate of drug-likeness (QED) is 0.484. The summed E-state index contributed by atoms with van der Waals surface area (Å²) in [7, 11) is 6.70. The Morgan fingerprint density at radius 2 is 0.810 bits per heavy atom. The third kappa shape index (κ3) is 2.86. The Morgan fingerprint density at radius 3 is 1.05 bits per heavy atom. The van der Waals surface area contributed by atoms with Gasteiger partial charge in [-0.2, -0.15) is 0 Å². The Labute approximate surface area is 138 Å². The minimum absolute atomic E-state index is 0.481. The van der Waals surface area contributed by atoms with Crippen molar-refractivity contribution in [3.8, 4) is 0 Å². The third-order valence-electron chi connectivity index (χ3n) is 3.55. The van der Waals surface area contributed by atoms with E-state index in [2.05, 4.69) is 91.0 Å². The van der Waals surface area contributed by atoms with Gasteiger partial charge >= 0.3 is 139 Å². The molecule has 3 aromatic carbocycles. The van der Waals surface area contributed by atoms with Crippen LogP contribution < -0.4 is 15.9 Å². The Balaban J connectivity index is 2.29. The normalized spacial score (nSPS) is 12.2. The van der Waals surface area contributed by atoms with Crippen molar-refractivity contribution in [1.82, 2.24) is 0 Å². The van der Waals surface area contributed by atoms with Crippen molar-refractivity contribution in [1.29, 1.82) is 0 Å². The van der Waals surface area contributed by atoms with Crippen molar-refractivity contribution in [2.75, 3.05) is 0 Å². The maximum atomic E-state index is 6.70. The molecule has 3 aromatic rings. The number of benzene rings is 3. The molecular weight excluding hydrogens is 478 g/mol. The Kier molecular flexibility index (Phi) is 4.91. The summed E-state index contributed by atoms with van der Waals surface area (Å²) in [5.74, 6) is 0. The Morgan fingerprint density at radius 1 is 0.524 bits per heavy atom. The van der Waals surface area contributed by atoms with E-state index in [1.54, 1.807) is 0 Å². The molecule has 0 aromatic heterocycles. The standard InChI is InChI=1S/C18H15P.ClH.Pt/c1-4-10-16(11-5-1)19(17-12-6-2-7-13-17)18-14-8-3-9-15-18;;/h1-15H;1H;. The second-order valence-corrected chi connectivity index (χ2v) is 17.2. The van der Waals surface area contributed by atoms with E-state index in [0.29, 0.717) is 0 Å². The van der Waals surface area contributed by atoms with Gasteiger partial charge in [0.1, 0.15) is 0 Å². The van der Waals surface area contributed by atoms with Crippen LogP contribution in [0.4, 0.5) is 0 Å². The van der Waals surface area contributed by atoms with Gasteiger partial charge in [-0.25, -0.2) is 0 Å². The molecule has 0 N–H and O–H groups in total. The SMILES string of the molecule is [Cl][Pt][PH](c1ccccc1)(c1ccccc1)c1ccccc1. The average molecular weight is 494 g/mol. The third-order valence-corrected chi connectivity index (χ3v) is 19.2. The summed E-state index contributed by atoms with van der Waals surface area (Å²) in [4.78, 5) is 0. The van der Waals surface area contributed by atoms with Crippen molar-refractivity contribution >= 4 is 30.7 Å². The van der Waals surface area contributed by atoms with Gasteiger partial charge in [0.25, 0.3) is 0 Å². The molecule has 0 saturated heterocycles. The van der Waals surface area contributed by atoms with Crippen LogP contribution in [0.5, 0.6) is 0 Å². The fourth-order valence-corrected chi connectivity index (χ4v) is 16.4. The fourth-order valence-electron chi connectivity index (χ4n) is 2.58. The Bertz CT molecular complexity index is 590. The zero-order valence-corrected chi connectivity index (χ0v) is 15.4. The van der Waals surface area contributed by atoms with Gasteiger partial charge < -0.3 is 0 Å². The summed E-state index contributed by atoms with van der Waals surface area (Å²) >= 11 is -0.481. The molecule has 0 aliphatic heterocycles. The van der Waals surface area contributed by atoms with E-state index in [-0.39, 0.29) is 0 Å². The second-order valence-electron chi connectivity index (χ2n) is 4.77. The summed E-state index contributed by atoms with van der Waals surface area (Å²) in [5.41, 5.74) is 0. The first kappa shape index (κ1) is 15.0. The van der Waals surface area contributed by atoms with Crippen LogP contribution in [0.25, 0.3) is 0 Å². The van der Waals surface area contributed by atoms with Crippen molar-refractivity contribution in [3.63, 3.8) is 0 Å². The predicted molar refractivity (Wildman–Crippen MR) is 92.4 cm³/mol. The van der Waals surface area contributed by atoms with Crippen LogP contribution in [-0.2, 0) is 17.0 Å². The minimum atomic E-state index is -2.02. The summed E-state index contributed by atoms with van der Waals surface area (Å²) in [5, 5.41) is 2.20.